The topological polar surface area (TPSA) is 57.0 Å². The van der Waals surface area contributed by atoms with Gasteiger partial charge in [-0.1, -0.05) is 30.3 Å². The summed E-state index contributed by atoms with van der Waals surface area (Å²) in [6, 6.07) is 8.22. The maximum Gasteiger partial charge on any atom is 0.378 e. The molecule has 0 radical (unpaired) electrons. The van der Waals surface area contributed by atoms with Crippen LogP contribution in [-0.2, 0) is 10.7 Å². The fraction of sp³-hybridized carbons (Fsp3) is 0.357. The SMILES string of the molecule is CCOC(=O)c1nc2n(n1)C(c1ccccc1)CC2(F)F. The van der Waals surface area contributed by atoms with E-state index in [0.29, 0.717) is 5.56 Å². The molecule has 3 rings (SSSR count). The van der Waals surface area contributed by atoms with E-state index >= 15 is 0 Å². The average Bonchev–Trinajstić information content (AvgIpc) is 3.00. The molecule has 1 unspecified atom stereocenters. The van der Waals surface area contributed by atoms with E-state index in [1.54, 1.807) is 31.2 Å². The zero-order valence-electron chi connectivity index (χ0n) is 11.3. The van der Waals surface area contributed by atoms with Crippen LogP contribution in [-0.4, -0.2) is 27.3 Å². The van der Waals surface area contributed by atoms with Crippen molar-refractivity contribution in [1.29, 1.82) is 0 Å². The molecule has 7 heteroatoms. The average molecular weight is 293 g/mol. The van der Waals surface area contributed by atoms with Crippen LogP contribution in [0.5, 0.6) is 0 Å². The molecule has 21 heavy (non-hydrogen) atoms. The highest BCUT2D eigenvalue weighted by atomic mass is 19.3. The minimum Gasteiger partial charge on any atom is -0.460 e. The summed E-state index contributed by atoms with van der Waals surface area (Å²) in [6.07, 6.45) is -0.407. The molecule has 110 valence electrons. The van der Waals surface area contributed by atoms with Crippen molar-refractivity contribution in [2.24, 2.45) is 0 Å². The fourth-order valence-electron chi connectivity index (χ4n) is 2.43. The zero-order valence-corrected chi connectivity index (χ0v) is 11.3. The van der Waals surface area contributed by atoms with Crippen LogP contribution in [0.1, 0.15) is 41.4 Å². The summed E-state index contributed by atoms with van der Waals surface area (Å²) < 4.78 is 34.0. The summed E-state index contributed by atoms with van der Waals surface area (Å²) >= 11 is 0. The van der Waals surface area contributed by atoms with Gasteiger partial charge < -0.3 is 4.74 Å². The molecule has 2 aromatic rings. The quantitative estimate of drug-likeness (QED) is 0.816. The Hall–Kier alpha value is -2.31. The third-order valence-corrected chi connectivity index (χ3v) is 3.35. The molecule has 1 aliphatic heterocycles. The van der Waals surface area contributed by atoms with Crippen molar-refractivity contribution in [2.45, 2.75) is 25.3 Å². The Kier molecular flexibility index (Phi) is 3.19. The van der Waals surface area contributed by atoms with Gasteiger partial charge in [0.15, 0.2) is 5.82 Å². The molecule has 0 fully saturated rings. The Morgan fingerprint density at radius 1 is 1.43 bits per heavy atom. The number of esters is 1. The van der Waals surface area contributed by atoms with Gasteiger partial charge in [0.25, 0.3) is 5.82 Å². The number of carbonyl (C=O) groups excluding carboxylic acids is 1. The highest BCUT2D eigenvalue weighted by molar-refractivity contribution is 5.85. The highest BCUT2D eigenvalue weighted by Crippen LogP contribution is 2.45. The molecule has 5 nitrogen and oxygen atoms in total. The number of aromatic nitrogens is 3. The molecule has 0 spiro atoms. The van der Waals surface area contributed by atoms with Gasteiger partial charge in [0, 0.05) is 6.42 Å². The lowest BCUT2D eigenvalue weighted by Crippen LogP contribution is -2.13. The van der Waals surface area contributed by atoms with Gasteiger partial charge in [-0.2, -0.15) is 13.8 Å². The number of benzene rings is 1. The van der Waals surface area contributed by atoms with Crippen molar-refractivity contribution in [3.8, 4) is 0 Å². The molecular formula is C14H13F2N3O2. The predicted molar refractivity (Wildman–Crippen MR) is 69.1 cm³/mol. The number of hydrogen-bond donors (Lipinski definition) is 0. The largest absolute Gasteiger partial charge is 0.460 e. The Labute approximate surface area is 119 Å². The molecule has 0 saturated carbocycles. The number of halogens is 2. The van der Waals surface area contributed by atoms with Crippen LogP contribution in [0, 0.1) is 0 Å². The molecule has 1 aromatic carbocycles. The molecule has 0 N–H and O–H groups in total. The van der Waals surface area contributed by atoms with Gasteiger partial charge in [-0.15, -0.1) is 5.10 Å². The summed E-state index contributed by atoms with van der Waals surface area (Å²) in [6.45, 7) is 1.77. The zero-order chi connectivity index (χ0) is 15.0. The molecule has 0 bridgehead atoms. The Morgan fingerprint density at radius 3 is 2.81 bits per heavy atom. The van der Waals surface area contributed by atoms with E-state index in [0.717, 1.165) is 4.68 Å². The van der Waals surface area contributed by atoms with Gasteiger partial charge in [0.1, 0.15) is 0 Å². The number of nitrogens with zero attached hydrogens (tertiary/aromatic N) is 3. The highest BCUT2D eigenvalue weighted by Gasteiger charge is 2.49. The van der Waals surface area contributed by atoms with Crippen LogP contribution in [0.15, 0.2) is 30.3 Å². The summed E-state index contributed by atoms with van der Waals surface area (Å²) in [7, 11) is 0. The van der Waals surface area contributed by atoms with E-state index in [1.807, 2.05) is 6.07 Å². The molecule has 0 saturated heterocycles. The minimum absolute atomic E-state index is 0.140. The second-order valence-corrected chi connectivity index (χ2v) is 4.76. The number of alkyl halides is 2. The summed E-state index contributed by atoms with van der Waals surface area (Å²) in [5.74, 6) is -4.72. The lowest BCUT2D eigenvalue weighted by atomic mass is 10.0. The second kappa shape index (κ2) is 4.91. The van der Waals surface area contributed by atoms with Crippen LogP contribution in [0.3, 0.4) is 0 Å². The number of carbonyl (C=O) groups is 1. The predicted octanol–water partition coefficient (Wildman–Crippen LogP) is 2.54. The van der Waals surface area contributed by atoms with Crippen molar-refractivity contribution >= 4 is 5.97 Å². The number of rotatable bonds is 3. The van der Waals surface area contributed by atoms with Crippen LogP contribution in [0.25, 0.3) is 0 Å². The summed E-state index contributed by atoms with van der Waals surface area (Å²) in [4.78, 5) is 15.3. The summed E-state index contributed by atoms with van der Waals surface area (Å²) in [5.41, 5.74) is 0.705. The van der Waals surface area contributed by atoms with Crippen LogP contribution in [0.2, 0.25) is 0 Å². The van der Waals surface area contributed by atoms with Gasteiger partial charge in [-0.25, -0.2) is 9.48 Å². The van der Waals surface area contributed by atoms with Crippen molar-refractivity contribution in [3.05, 3.63) is 47.5 Å². The number of fused-ring (bicyclic) bond motifs is 1. The minimum atomic E-state index is -3.11. The van der Waals surface area contributed by atoms with Gasteiger partial charge in [-0.05, 0) is 12.5 Å². The van der Waals surface area contributed by atoms with E-state index in [1.165, 1.54) is 0 Å². The lowest BCUT2D eigenvalue weighted by Gasteiger charge is -2.11. The molecule has 1 atom stereocenters. The third kappa shape index (κ3) is 2.28. The number of hydrogen-bond acceptors (Lipinski definition) is 4. The Bertz CT molecular complexity index is 670. The smallest absolute Gasteiger partial charge is 0.378 e. The normalized spacial score (nSPS) is 19.3. The van der Waals surface area contributed by atoms with Crippen molar-refractivity contribution in [2.75, 3.05) is 6.61 Å². The van der Waals surface area contributed by atoms with Crippen molar-refractivity contribution < 1.29 is 18.3 Å². The maximum atomic E-state index is 14.1. The molecule has 1 aliphatic rings. The van der Waals surface area contributed by atoms with Crippen LogP contribution >= 0.6 is 0 Å². The van der Waals surface area contributed by atoms with Crippen LogP contribution < -0.4 is 0 Å². The van der Waals surface area contributed by atoms with Gasteiger partial charge in [0.2, 0.25) is 0 Å². The Morgan fingerprint density at radius 2 is 2.14 bits per heavy atom. The molecule has 1 aromatic heterocycles. The standard InChI is InChI=1S/C14H13F2N3O2/c1-2-21-12(20)11-17-13-14(15,16)8-10(19(13)18-11)9-6-4-3-5-7-9/h3-7,10H,2,8H2,1H3. The van der Waals surface area contributed by atoms with E-state index in [2.05, 4.69) is 10.1 Å². The first-order valence-electron chi connectivity index (χ1n) is 6.60. The van der Waals surface area contributed by atoms with E-state index in [4.69, 9.17) is 4.74 Å². The van der Waals surface area contributed by atoms with Crippen molar-refractivity contribution in [1.82, 2.24) is 14.8 Å². The molecule has 0 amide bonds. The fourth-order valence-corrected chi connectivity index (χ4v) is 2.43. The van der Waals surface area contributed by atoms with E-state index in [-0.39, 0.29) is 12.4 Å². The third-order valence-electron chi connectivity index (χ3n) is 3.35. The lowest BCUT2D eigenvalue weighted by molar-refractivity contribution is -0.00893. The molecule has 2 heterocycles. The van der Waals surface area contributed by atoms with Crippen LogP contribution in [0.4, 0.5) is 8.78 Å². The maximum absolute atomic E-state index is 14.1. The Balaban J connectivity index is 2.02. The summed E-state index contributed by atoms with van der Waals surface area (Å²) in [5, 5.41) is 3.91. The van der Waals surface area contributed by atoms with E-state index in [9.17, 15) is 13.6 Å². The molecular weight excluding hydrogens is 280 g/mol. The number of ether oxygens (including phenoxy) is 1. The van der Waals surface area contributed by atoms with Gasteiger partial charge >= 0.3 is 11.9 Å². The van der Waals surface area contributed by atoms with Gasteiger partial charge in [-0.3, -0.25) is 0 Å². The second-order valence-electron chi connectivity index (χ2n) is 4.76. The first-order chi connectivity index (χ1) is 10.0. The first-order valence-corrected chi connectivity index (χ1v) is 6.60. The van der Waals surface area contributed by atoms with Crippen molar-refractivity contribution in [3.63, 3.8) is 0 Å². The van der Waals surface area contributed by atoms with Gasteiger partial charge in [0.05, 0.1) is 12.6 Å². The van der Waals surface area contributed by atoms with E-state index < -0.39 is 30.2 Å². The first kappa shape index (κ1) is 13.7. The molecule has 0 aliphatic carbocycles. The monoisotopic (exact) mass is 293 g/mol.